The fourth-order valence-corrected chi connectivity index (χ4v) is 4.74. The van der Waals surface area contributed by atoms with E-state index in [1.807, 2.05) is 27.3 Å². The minimum Gasteiger partial charge on any atom is -0.390 e. The Kier molecular flexibility index (Phi) is 5.49. The third kappa shape index (κ3) is 4.06. The number of amides is 2. The Bertz CT molecular complexity index is 598. The lowest BCUT2D eigenvalue weighted by Crippen LogP contribution is -2.53. The zero-order valence-corrected chi connectivity index (χ0v) is 15.9. The summed E-state index contributed by atoms with van der Waals surface area (Å²) >= 11 is 1.49. The third-order valence-electron chi connectivity index (χ3n) is 5.40. The van der Waals surface area contributed by atoms with E-state index in [-0.39, 0.29) is 23.8 Å². The standard InChI is InChI=1S/C19H28N2O3S/c1-3-8-21(18(23)16-5-4-11-25-16)15-6-9-20(10-7-15)17(22)14-12-19(2,24)13-14/h4-5,11,14-15,24H,3,6-10,12-13H2,1-2H3. The van der Waals surface area contributed by atoms with Crippen molar-refractivity contribution in [3.05, 3.63) is 22.4 Å². The monoisotopic (exact) mass is 364 g/mol. The van der Waals surface area contributed by atoms with E-state index < -0.39 is 5.60 Å². The minimum atomic E-state index is -0.663. The second kappa shape index (κ2) is 7.46. The van der Waals surface area contributed by atoms with Crippen molar-refractivity contribution in [1.82, 2.24) is 9.80 Å². The van der Waals surface area contributed by atoms with Crippen LogP contribution in [0.5, 0.6) is 0 Å². The molecule has 0 radical (unpaired) electrons. The molecule has 0 atom stereocenters. The molecular formula is C19H28N2O3S. The van der Waals surface area contributed by atoms with E-state index in [4.69, 9.17) is 0 Å². The molecule has 1 N–H and O–H groups in total. The van der Waals surface area contributed by atoms with Gasteiger partial charge in [0.1, 0.15) is 0 Å². The molecule has 0 bridgehead atoms. The molecule has 0 spiro atoms. The van der Waals surface area contributed by atoms with Crippen LogP contribution in [0, 0.1) is 5.92 Å². The first-order valence-corrected chi connectivity index (χ1v) is 10.1. The fourth-order valence-electron chi connectivity index (χ4n) is 4.07. The molecule has 1 aliphatic heterocycles. The molecular weight excluding hydrogens is 336 g/mol. The largest absolute Gasteiger partial charge is 0.390 e. The first-order chi connectivity index (χ1) is 11.9. The molecule has 1 saturated heterocycles. The number of piperidine rings is 1. The molecule has 138 valence electrons. The van der Waals surface area contributed by atoms with Gasteiger partial charge in [-0.05, 0) is 50.5 Å². The van der Waals surface area contributed by atoms with Crippen molar-refractivity contribution in [3.8, 4) is 0 Å². The Morgan fingerprint density at radius 3 is 2.56 bits per heavy atom. The summed E-state index contributed by atoms with van der Waals surface area (Å²) in [6.45, 7) is 6.07. The molecule has 1 aliphatic carbocycles. The predicted octanol–water partition coefficient (Wildman–Crippen LogP) is 2.75. The molecule has 25 heavy (non-hydrogen) atoms. The molecule has 6 heteroatoms. The topological polar surface area (TPSA) is 60.9 Å². The first kappa shape index (κ1) is 18.4. The molecule has 1 aromatic rings. The molecule has 2 aliphatic rings. The Morgan fingerprint density at radius 2 is 2.04 bits per heavy atom. The van der Waals surface area contributed by atoms with Crippen molar-refractivity contribution in [2.45, 2.75) is 57.6 Å². The van der Waals surface area contributed by atoms with Gasteiger partial charge in [-0.2, -0.15) is 0 Å². The Hall–Kier alpha value is -1.40. The Labute approximate surface area is 153 Å². The SMILES string of the molecule is CCCN(C(=O)c1cccs1)C1CCN(C(=O)C2CC(C)(O)C2)CC1. The van der Waals surface area contributed by atoms with E-state index in [0.29, 0.717) is 25.9 Å². The highest BCUT2D eigenvalue weighted by molar-refractivity contribution is 7.12. The third-order valence-corrected chi connectivity index (χ3v) is 6.25. The average molecular weight is 365 g/mol. The normalized spacial score (nSPS) is 27.0. The molecule has 0 aromatic carbocycles. The summed E-state index contributed by atoms with van der Waals surface area (Å²) in [5, 5.41) is 11.8. The number of carbonyl (C=O) groups is 2. The van der Waals surface area contributed by atoms with Crippen LogP contribution >= 0.6 is 11.3 Å². The number of thiophene rings is 1. The summed E-state index contributed by atoms with van der Waals surface area (Å²) in [6.07, 6.45) is 3.76. The number of hydrogen-bond acceptors (Lipinski definition) is 4. The Balaban J connectivity index is 1.56. The zero-order chi connectivity index (χ0) is 18.0. The van der Waals surface area contributed by atoms with Crippen LogP contribution in [-0.2, 0) is 4.79 Å². The molecule has 2 heterocycles. The fraction of sp³-hybridized carbons (Fsp3) is 0.684. The van der Waals surface area contributed by atoms with Gasteiger partial charge >= 0.3 is 0 Å². The van der Waals surface area contributed by atoms with Gasteiger partial charge < -0.3 is 14.9 Å². The van der Waals surface area contributed by atoms with Gasteiger partial charge in [0, 0.05) is 31.6 Å². The summed E-state index contributed by atoms with van der Waals surface area (Å²) in [4.78, 5) is 30.0. The van der Waals surface area contributed by atoms with Crippen LogP contribution in [0.25, 0.3) is 0 Å². The Morgan fingerprint density at radius 1 is 1.36 bits per heavy atom. The number of nitrogens with zero attached hydrogens (tertiary/aromatic N) is 2. The minimum absolute atomic E-state index is 0.0222. The lowest BCUT2D eigenvalue weighted by Gasteiger charge is -2.44. The van der Waals surface area contributed by atoms with Crippen LogP contribution in [-0.4, -0.2) is 58.0 Å². The number of rotatable bonds is 5. The number of carbonyl (C=O) groups excluding carboxylic acids is 2. The van der Waals surface area contributed by atoms with E-state index in [0.717, 1.165) is 30.7 Å². The van der Waals surface area contributed by atoms with Gasteiger partial charge in [0.2, 0.25) is 5.91 Å². The van der Waals surface area contributed by atoms with E-state index in [2.05, 4.69) is 6.92 Å². The van der Waals surface area contributed by atoms with E-state index in [1.165, 1.54) is 11.3 Å². The molecule has 3 rings (SSSR count). The summed E-state index contributed by atoms with van der Waals surface area (Å²) in [5.74, 6) is 0.277. The molecule has 2 fully saturated rings. The lowest BCUT2D eigenvalue weighted by molar-refractivity contribution is -0.151. The highest BCUT2D eigenvalue weighted by Gasteiger charge is 2.44. The van der Waals surface area contributed by atoms with Crippen LogP contribution in [0.1, 0.15) is 55.6 Å². The highest BCUT2D eigenvalue weighted by Crippen LogP contribution is 2.38. The molecule has 0 unspecified atom stereocenters. The quantitative estimate of drug-likeness (QED) is 0.874. The maximum Gasteiger partial charge on any atom is 0.264 e. The summed E-state index contributed by atoms with van der Waals surface area (Å²) < 4.78 is 0. The number of aliphatic hydroxyl groups is 1. The van der Waals surface area contributed by atoms with Crippen molar-refractivity contribution >= 4 is 23.2 Å². The van der Waals surface area contributed by atoms with E-state index in [1.54, 1.807) is 6.92 Å². The maximum absolute atomic E-state index is 12.8. The zero-order valence-electron chi connectivity index (χ0n) is 15.1. The summed E-state index contributed by atoms with van der Waals surface area (Å²) in [5.41, 5.74) is -0.663. The summed E-state index contributed by atoms with van der Waals surface area (Å²) in [7, 11) is 0. The molecule has 1 saturated carbocycles. The van der Waals surface area contributed by atoms with Crippen molar-refractivity contribution in [2.24, 2.45) is 5.92 Å². The first-order valence-electron chi connectivity index (χ1n) is 9.27. The van der Waals surface area contributed by atoms with Gasteiger partial charge in [-0.3, -0.25) is 9.59 Å². The number of likely N-dealkylation sites (tertiary alicyclic amines) is 1. The predicted molar refractivity (Wildman–Crippen MR) is 98.6 cm³/mol. The van der Waals surface area contributed by atoms with E-state index in [9.17, 15) is 14.7 Å². The van der Waals surface area contributed by atoms with Crippen LogP contribution in [0.15, 0.2) is 17.5 Å². The summed E-state index contributed by atoms with van der Waals surface area (Å²) in [6, 6.07) is 4.01. The highest BCUT2D eigenvalue weighted by atomic mass is 32.1. The smallest absolute Gasteiger partial charge is 0.264 e. The van der Waals surface area contributed by atoms with Crippen LogP contribution in [0.3, 0.4) is 0 Å². The van der Waals surface area contributed by atoms with Crippen molar-refractivity contribution in [1.29, 1.82) is 0 Å². The van der Waals surface area contributed by atoms with Gasteiger partial charge in [0.25, 0.3) is 5.91 Å². The average Bonchev–Trinajstić information content (AvgIpc) is 3.11. The van der Waals surface area contributed by atoms with Gasteiger partial charge in [-0.25, -0.2) is 0 Å². The second-order valence-electron chi connectivity index (χ2n) is 7.63. The van der Waals surface area contributed by atoms with Gasteiger partial charge in [0.05, 0.1) is 10.5 Å². The van der Waals surface area contributed by atoms with Gasteiger partial charge in [-0.1, -0.05) is 13.0 Å². The van der Waals surface area contributed by atoms with Crippen molar-refractivity contribution in [2.75, 3.05) is 19.6 Å². The number of hydrogen-bond donors (Lipinski definition) is 1. The van der Waals surface area contributed by atoms with E-state index >= 15 is 0 Å². The van der Waals surface area contributed by atoms with Gasteiger partial charge in [-0.15, -0.1) is 11.3 Å². The molecule has 2 amide bonds. The van der Waals surface area contributed by atoms with Crippen LogP contribution < -0.4 is 0 Å². The van der Waals surface area contributed by atoms with Crippen molar-refractivity contribution < 1.29 is 14.7 Å². The maximum atomic E-state index is 12.8. The molecule has 1 aromatic heterocycles. The van der Waals surface area contributed by atoms with Crippen molar-refractivity contribution in [3.63, 3.8) is 0 Å². The molecule has 5 nitrogen and oxygen atoms in total. The van der Waals surface area contributed by atoms with Crippen LogP contribution in [0.2, 0.25) is 0 Å². The van der Waals surface area contributed by atoms with Crippen LogP contribution in [0.4, 0.5) is 0 Å². The van der Waals surface area contributed by atoms with Gasteiger partial charge in [0.15, 0.2) is 0 Å². The lowest BCUT2D eigenvalue weighted by atomic mass is 9.71. The second-order valence-corrected chi connectivity index (χ2v) is 8.58.